The molecule has 0 unspecified atom stereocenters. The van der Waals surface area contributed by atoms with Crippen molar-refractivity contribution in [2.45, 2.75) is 6.92 Å². The van der Waals surface area contributed by atoms with Crippen LogP contribution in [0.25, 0.3) is 11.3 Å². The average molecular weight is 292 g/mol. The van der Waals surface area contributed by atoms with Crippen LogP contribution in [0.15, 0.2) is 24.4 Å². The second kappa shape index (κ2) is 6.12. The van der Waals surface area contributed by atoms with Gasteiger partial charge >= 0.3 is 5.69 Å². The normalized spacial score (nSPS) is 10.2. The molecule has 1 N–H and O–H groups in total. The summed E-state index contributed by atoms with van der Waals surface area (Å²) in [6.45, 7) is 2.37. The molecule has 0 aliphatic heterocycles. The highest BCUT2D eigenvalue weighted by Gasteiger charge is 2.23. The van der Waals surface area contributed by atoms with Crippen molar-refractivity contribution in [2.24, 2.45) is 0 Å². The Morgan fingerprint density at radius 3 is 2.86 bits per heavy atom. The molecule has 0 bridgehead atoms. The van der Waals surface area contributed by atoms with Gasteiger partial charge in [0.2, 0.25) is 5.95 Å². The number of benzene rings is 1. The number of aromatic nitrogens is 2. The van der Waals surface area contributed by atoms with Crippen molar-refractivity contribution in [3.63, 3.8) is 0 Å². The fraction of sp³-hybridized carbons (Fsp3) is 0.231. The van der Waals surface area contributed by atoms with Crippen LogP contribution in [0.2, 0.25) is 0 Å². The van der Waals surface area contributed by atoms with Gasteiger partial charge in [-0.3, -0.25) is 10.1 Å². The summed E-state index contributed by atoms with van der Waals surface area (Å²) < 4.78 is 19.2. The van der Waals surface area contributed by atoms with Gasteiger partial charge in [0.05, 0.1) is 12.0 Å². The quantitative estimate of drug-likeness (QED) is 0.673. The predicted molar refractivity (Wildman–Crippen MR) is 74.8 cm³/mol. The van der Waals surface area contributed by atoms with E-state index in [2.05, 4.69) is 15.3 Å². The van der Waals surface area contributed by atoms with Gasteiger partial charge in [-0.2, -0.15) is 0 Å². The fourth-order valence-electron chi connectivity index (χ4n) is 1.80. The van der Waals surface area contributed by atoms with E-state index in [4.69, 9.17) is 4.74 Å². The lowest BCUT2D eigenvalue weighted by Crippen LogP contribution is -2.05. The van der Waals surface area contributed by atoms with Crippen molar-refractivity contribution in [1.82, 2.24) is 9.97 Å². The molecular weight excluding hydrogens is 279 g/mol. The molecule has 0 amide bonds. The van der Waals surface area contributed by atoms with Crippen LogP contribution in [0.3, 0.4) is 0 Å². The summed E-state index contributed by atoms with van der Waals surface area (Å²) in [6.07, 6.45) is 1.05. The van der Waals surface area contributed by atoms with Gasteiger partial charge in [0.15, 0.2) is 17.3 Å². The van der Waals surface area contributed by atoms with Gasteiger partial charge in [-0.1, -0.05) is 6.07 Å². The van der Waals surface area contributed by atoms with Crippen molar-refractivity contribution >= 4 is 11.6 Å². The molecule has 2 rings (SSSR count). The summed E-state index contributed by atoms with van der Waals surface area (Å²) in [5, 5.41) is 13.9. The molecule has 2 aromatic rings. The number of nitro groups is 1. The molecule has 0 aliphatic carbocycles. The first kappa shape index (κ1) is 14.6. The number of rotatable bonds is 5. The maximum atomic E-state index is 14.3. The van der Waals surface area contributed by atoms with E-state index >= 15 is 0 Å². The Bertz CT molecular complexity index is 678. The molecule has 7 nitrogen and oxygen atoms in total. The maximum Gasteiger partial charge on any atom is 0.313 e. The summed E-state index contributed by atoms with van der Waals surface area (Å²) in [5.74, 6) is -0.519. The zero-order chi connectivity index (χ0) is 15.4. The first-order chi connectivity index (χ1) is 10.1. The summed E-state index contributed by atoms with van der Waals surface area (Å²) >= 11 is 0. The van der Waals surface area contributed by atoms with Crippen molar-refractivity contribution < 1.29 is 14.1 Å². The van der Waals surface area contributed by atoms with Crippen molar-refractivity contribution in [3.05, 3.63) is 40.3 Å². The van der Waals surface area contributed by atoms with Crippen LogP contribution in [-0.4, -0.2) is 28.5 Å². The van der Waals surface area contributed by atoms with Gasteiger partial charge in [-0.15, -0.1) is 0 Å². The fourth-order valence-corrected chi connectivity index (χ4v) is 1.80. The molecule has 1 aromatic carbocycles. The Morgan fingerprint density at radius 1 is 1.48 bits per heavy atom. The minimum absolute atomic E-state index is 0.00888. The van der Waals surface area contributed by atoms with Gasteiger partial charge in [0.25, 0.3) is 0 Å². The third-order valence-corrected chi connectivity index (χ3v) is 2.74. The third-order valence-electron chi connectivity index (χ3n) is 2.74. The lowest BCUT2D eigenvalue weighted by molar-refractivity contribution is -0.384. The molecule has 1 heterocycles. The van der Waals surface area contributed by atoms with Gasteiger partial charge in [-0.05, 0) is 19.1 Å². The van der Waals surface area contributed by atoms with Crippen molar-refractivity contribution in [3.8, 4) is 17.0 Å². The molecule has 8 heteroatoms. The molecule has 0 atom stereocenters. The summed E-state index contributed by atoms with van der Waals surface area (Å²) in [6, 6.07) is 4.37. The highest BCUT2D eigenvalue weighted by Crippen LogP contribution is 2.33. The molecule has 0 aliphatic rings. The maximum absolute atomic E-state index is 14.3. The Labute approximate surface area is 120 Å². The van der Waals surface area contributed by atoms with Crippen LogP contribution in [-0.2, 0) is 0 Å². The molecular formula is C13H13FN4O3. The Morgan fingerprint density at radius 2 is 2.24 bits per heavy atom. The van der Waals surface area contributed by atoms with Crippen LogP contribution in [0.4, 0.5) is 16.0 Å². The lowest BCUT2D eigenvalue weighted by atomic mass is 10.1. The van der Waals surface area contributed by atoms with E-state index in [1.807, 2.05) is 6.92 Å². The highest BCUT2D eigenvalue weighted by atomic mass is 19.1. The van der Waals surface area contributed by atoms with Crippen LogP contribution in [0.1, 0.15) is 6.92 Å². The van der Waals surface area contributed by atoms with Gasteiger partial charge in [-0.25, -0.2) is 14.4 Å². The van der Waals surface area contributed by atoms with E-state index in [0.717, 1.165) is 6.20 Å². The predicted octanol–water partition coefficient (Wildman–Crippen LogP) is 2.63. The van der Waals surface area contributed by atoms with E-state index < -0.39 is 10.7 Å². The van der Waals surface area contributed by atoms with E-state index in [1.54, 1.807) is 0 Å². The molecule has 0 spiro atoms. The number of nitrogens with one attached hydrogen (secondary N) is 1. The first-order valence-corrected chi connectivity index (χ1v) is 6.16. The molecule has 0 saturated carbocycles. The number of hydrogen-bond acceptors (Lipinski definition) is 6. The number of nitrogens with zero attached hydrogens (tertiary/aromatic N) is 3. The minimum Gasteiger partial charge on any atom is -0.494 e. The number of hydrogen-bond donors (Lipinski definition) is 1. The van der Waals surface area contributed by atoms with Crippen LogP contribution >= 0.6 is 0 Å². The number of ether oxygens (including phenoxy) is 1. The average Bonchev–Trinajstić information content (AvgIpc) is 2.47. The molecule has 1 aromatic heterocycles. The SMILES string of the molecule is CCNc1ncc([N+](=O)[O-])c(-c2cccc(OC)c2F)n1. The van der Waals surface area contributed by atoms with E-state index in [-0.39, 0.29) is 28.6 Å². The zero-order valence-corrected chi connectivity index (χ0v) is 11.5. The second-order valence-corrected chi connectivity index (χ2v) is 4.04. The molecule has 0 radical (unpaired) electrons. The Kier molecular flexibility index (Phi) is 4.27. The standard InChI is InChI=1S/C13H13FN4O3/c1-3-15-13-16-7-9(18(19)20)12(17-13)8-5-4-6-10(21-2)11(8)14/h4-7H,3H2,1-2H3,(H,15,16,17). The van der Waals surface area contributed by atoms with Crippen LogP contribution in [0.5, 0.6) is 5.75 Å². The number of halogens is 1. The summed E-state index contributed by atoms with van der Waals surface area (Å²) in [4.78, 5) is 18.3. The Balaban J connectivity index is 2.65. The van der Waals surface area contributed by atoms with E-state index in [9.17, 15) is 14.5 Å². The van der Waals surface area contributed by atoms with Gasteiger partial charge < -0.3 is 10.1 Å². The smallest absolute Gasteiger partial charge is 0.313 e. The Hall–Kier alpha value is -2.77. The largest absolute Gasteiger partial charge is 0.494 e. The van der Waals surface area contributed by atoms with Gasteiger partial charge in [0, 0.05) is 12.1 Å². The zero-order valence-electron chi connectivity index (χ0n) is 11.5. The monoisotopic (exact) mass is 292 g/mol. The summed E-state index contributed by atoms with van der Waals surface area (Å²) in [7, 11) is 1.32. The van der Waals surface area contributed by atoms with Gasteiger partial charge in [0.1, 0.15) is 6.20 Å². The molecule has 21 heavy (non-hydrogen) atoms. The van der Waals surface area contributed by atoms with Crippen LogP contribution < -0.4 is 10.1 Å². The molecule has 0 saturated heterocycles. The topological polar surface area (TPSA) is 90.2 Å². The molecule has 0 fully saturated rings. The number of methoxy groups -OCH3 is 1. The lowest BCUT2D eigenvalue weighted by Gasteiger charge is -2.08. The van der Waals surface area contributed by atoms with Crippen molar-refractivity contribution in [2.75, 3.05) is 19.0 Å². The van der Waals surface area contributed by atoms with Crippen molar-refractivity contribution in [1.29, 1.82) is 0 Å². The molecule has 110 valence electrons. The van der Waals surface area contributed by atoms with Crippen LogP contribution in [0, 0.1) is 15.9 Å². The second-order valence-electron chi connectivity index (χ2n) is 4.04. The van der Waals surface area contributed by atoms with E-state index in [0.29, 0.717) is 6.54 Å². The van der Waals surface area contributed by atoms with E-state index in [1.165, 1.54) is 25.3 Å². The number of anilines is 1. The minimum atomic E-state index is -0.704. The third kappa shape index (κ3) is 2.88. The summed E-state index contributed by atoms with van der Waals surface area (Å²) in [5.41, 5.74) is -0.478. The highest BCUT2D eigenvalue weighted by molar-refractivity contribution is 5.71. The first-order valence-electron chi connectivity index (χ1n) is 6.16.